The van der Waals surface area contributed by atoms with Crippen LogP contribution in [0, 0.1) is 11.3 Å². The fourth-order valence-corrected chi connectivity index (χ4v) is 1.11. The highest BCUT2D eigenvalue weighted by Gasteiger charge is 2.26. The zero-order chi connectivity index (χ0) is 8.97. The molecule has 0 radical (unpaired) electrons. The molecule has 0 unspecified atom stereocenters. The topological polar surface area (TPSA) is 74.1 Å². The zero-order valence-electron chi connectivity index (χ0n) is 6.83. The molecule has 0 aliphatic carbocycles. The van der Waals surface area contributed by atoms with E-state index in [1.165, 1.54) is 7.11 Å². The minimum absolute atomic E-state index is 0.303. The summed E-state index contributed by atoms with van der Waals surface area (Å²) < 4.78 is 4.53. The van der Waals surface area contributed by atoms with Crippen molar-refractivity contribution in [3.63, 3.8) is 0 Å². The normalized spacial score (nSPS) is 29.0. The van der Waals surface area contributed by atoms with Crippen molar-refractivity contribution >= 4 is 5.97 Å². The van der Waals surface area contributed by atoms with Crippen LogP contribution < -0.4 is 10.6 Å². The Kier molecular flexibility index (Phi) is 3.02. The molecule has 0 saturated carbocycles. The van der Waals surface area contributed by atoms with Crippen LogP contribution in [-0.2, 0) is 9.53 Å². The van der Waals surface area contributed by atoms with Crippen LogP contribution in [0.5, 0.6) is 0 Å². The number of piperazine rings is 1. The summed E-state index contributed by atoms with van der Waals surface area (Å²) in [6.45, 7) is 1.09. The SMILES string of the molecule is COC(=O)[C@H]1CNC[C@H](C#N)N1. The van der Waals surface area contributed by atoms with Gasteiger partial charge in [-0.1, -0.05) is 0 Å². The third kappa shape index (κ3) is 1.94. The van der Waals surface area contributed by atoms with Crippen LogP contribution in [0.3, 0.4) is 0 Å². The number of hydrogen-bond donors (Lipinski definition) is 2. The number of carbonyl (C=O) groups excluding carboxylic acids is 1. The van der Waals surface area contributed by atoms with Crippen LogP contribution >= 0.6 is 0 Å². The number of methoxy groups -OCH3 is 1. The maximum Gasteiger partial charge on any atom is 0.324 e. The molecule has 1 aliphatic heterocycles. The lowest BCUT2D eigenvalue weighted by Crippen LogP contribution is -2.57. The summed E-state index contributed by atoms with van der Waals surface area (Å²) in [5, 5.41) is 14.4. The number of nitriles is 1. The van der Waals surface area contributed by atoms with Gasteiger partial charge in [0.25, 0.3) is 0 Å². The molecule has 0 amide bonds. The average Bonchev–Trinajstić information content (AvgIpc) is 2.17. The Labute approximate surface area is 70.7 Å². The van der Waals surface area contributed by atoms with E-state index in [-0.39, 0.29) is 12.0 Å². The molecule has 1 rings (SSSR count). The molecular formula is C7H11N3O2. The van der Waals surface area contributed by atoms with Crippen molar-refractivity contribution < 1.29 is 9.53 Å². The first-order valence-electron chi connectivity index (χ1n) is 3.72. The lowest BCUT2D eigenvalue weighted by Gasteiger charge is -2.25. The van der Waals surface area contributed by atoms with Gasteiger partial charge in [-0.15, -0.1) is 0 Å². The van der Waals surface area contributed by atoms with E-state index in [2.05, 4.69) is 15.4 Å². The second-order valence-corrected chi connectivity index (χ2v) is 2.58. The molecule has 66 valence electrons. The summed E-state index contributed by atoms with van der Waals surface area (Å²) >= 11 is 0. The van der Waals surface area contributed by atoms with E-state index < -0.39 is 6.04 Å². The van der Waals surface area contributed by atoms with Gasteiger partial charge in [0.2, 0.25) is 0 Å². The van der Waals surface area contributed by atoms with Crippen LogP contribution in [0.15, 0.2) is 0 Å². The van der Waals surface area contributed by atoms with Crippen LogP contribution in [0.25, 0.3) is 0 Å². The second kappa shape index (κ2) is 4.04. The molecule has 5 heteroatoms. The molecule has 0 spiro atoms. The number of ether oxygens (including phenoxy) is 1. The largest absolute Gasteiger partial charge is 0.468 e. The van der Waals surface area contributed by atoms with Crippen molar-refractivity contribution in [3.8, 4) is 6.07 Å². The van der Waals surface area contributed by atoms with Crippen molar-refractivity contribution in [2.75, 3.05) is 20.2 Å². The van der Waals surface area contributed by atoms with E-state index in [0.717, 1.165) is 0 Å². The smallest absolute Gasteiger partial charge is 0.324 e. The summed E-state index contributed by atoms with van der Waals surface area (Å²) in [6, 6.07) is 1.33. The van der Waals surface area contributed by atoms with Crippen molar-refractivity contribution in [2.24, 2.45) is 0 Å². The van der Waals surface area contributed by atoms with Crippen molar-refractivity contribution in [2.45, 2.75) is 12.1 Å². The predicted molar refractivity (Wildman–Crippen MR) is 41.2 cm³/mol. The fraction of sp³-hybridized carbons (Fsp3) is 0.714. The molecule has 1 fully saturated rings. The molecule has 2 N–H and O–H groups in total. The molecule has 1 aliphatic rings. The van der Waals surface area contributed by atoms with Crippen LogP contribution in [-0.4, -0.2) is 38.3 Å². The highest BCUT2D eigenvalue weighted by Crippen LogP contribution is 1.95. The van der Waals surface area contributed by atoms with Gasteiger partial charge in [-0.3, -0.25) is 10.1 Å². The minimum atomic E-state index is -0.395. The second-order valence-electron chi connectivity index (χ2n) is 2.58. The van der Waals surface area contributed by atoms with Crippen molar-refractivity contribution in [1.29, 1.82) is 5.26 Å². The van der Waals surface area contributed by atoms with Gasteiger partial charge in [-0.05, 0) is 0 Å². The monoisotopic (exact) mass is 169 g/mol. The quantitative estimate of drug-likeness (QED) is 0.473. The van der Waals surface area contributed by atoms with Gasteiger partial charge in [0.05, 0.1) is 13.2 Å². The van der Waals surface area contributed by atoms with Gasteiger partial charge < -0.3 is 10.1 Å². The Hall–Kier alpha value is -1.12. The van der Waals surface area contributed by atoms with Gasteiger partial charge in [0.15, 0.2) is 0 Å². The van der Waals surface area contributed by atoms with Crippen molar-refractivity contribution in [1.82, 2.24) is 10.6 Å². The Morgan fingerprint density at radius 2 is 2.42 bits per heavy atom. The first-order valence-corrected chi connectivity index (χ1v) is 3.72. The molecule has 5 nitrogen and oxygen atoms in total. The van der Waals surface area contributed by atoms with Crippen LogP contribution in [0.4, 0.5) is 0 Å². The number of nitrogens with one attached hydrogen (secondary N) is 2. The summed E-state index contributed by atoms with van der Waals surface area (Å²) in [4.78, 5) is 11.0. The number of carbonyl (C=O) groups is 1. The number of esters is 1. The standard InChI is InChI=1S/C7H11N3O2/c1-12-7(11)6-4-9-3-5(2-8)10-6/h5-6,9-10H,3-4H2,1H3/t5-,6+/m0/s1. The lowest BCUT2D eigenvalue weighted by molar-refractivity contribution is -0.143. The van der Waals surface area contributed by atoms with Gasteiger partial charge in [-0.2, -0.15) is 5.26 Å². The molecular weight excluding hydrogens is 158 g/mol. The van der Waals surface area contributed by atoms with Crippen molar-refractivity contribution in [3.05, 3.63) is 0 Å². The summed E-state index contributed by atoms with van der Waals surface area (Å²) in [5.74, 6) is -0.331. The molecule has 0 aromatic heterocycles. The molecule has 0 aromatic rings. The summed E-state index contributed by atoms with van der Waals surface area (Å²) in [7, 11) is 1.33. The van der Waals surface area contributed by atoms with Gasteiger partial charge in [0, 0.05) is 13.1 Å². The molecule has 0 aromatic carbocycles. The first kappa shape index (κ1) is 8.97. The van der Waals surface area contributed by atoms with E-state index >= 15 is 0 Å². The number of hydrogen-bond acceptors (Lipinski definition) is 5. The molecule has 12 heavy (non-hydrogen) atoms. The third-order valence-corrected chi connectivity index (χ3v) is 1.74. The maximum absolute atomic E-state index is 11.0. The zero-order valence-corrected chi connectivity index (χ0v) is 6.83. The molecule has 1 saturated heterocycles. The molecule has 2 atom stereocenters. The van der Waals surface area contributed by atoms with E-state index in [4.69, 9.17) is 5.26 Å². The maximum atomic E-state index is 11.0. The summed E-state index contributed by atoms with van der Waals surface area (Å²) in [5.41, 5.74) is 0. The van der Waals surface area contributed by atoms with E-state index in [0.29, 0.717) is 13.1 Å². The Morgan fingerprint density at radius 3 is 3.00 bits per heavy atom. The van der Waals surface area contributed by atoms with E-state index in [9.17, 15) is 4.79 Å². The van der Waals surface area contributed by atoms with E-state index in [1.807, 2.05) is 6.07 Å². The lowest BCUT2D eigenvalue weighted by atomic mass is 10.2. The fourth-order valence-electron chi connectivity index (χ4n) is 1.11. The molecule has 0 bridgehead atoms. The Morgan fingerprint density at radius 1 is 1.67 bits per heavy atom. The third-order valence-electron chi connectivity index (χ3n) is 1.74. The minimum Gasteiger partial charge on any atom is -0.468 e. The predicted octanol–water partition coefficient (Wildman–Crippen LogP) is -1.39. The van der Waals surface area contributed by atoms with Gasteiger partial charge in [-0.25, -0.2) is 0 Å². The highest BCUT2D eigenvalue weighted by molar-refractivity contribution is 5.76. The number of nitrogens with zero attached hydrogens (tertiary/aromatic N) is 1. The summed E-state index contributed by atoms with van der Waals surface area (Å²) in [6.07, 6.45) is 0. The van der Waals surface area contributed by atoms with Gasteiger partial charge in [0.1, 0.15) is 12.1 Å². The Balaban J connectivity index is 2.47. The van der Waals surface area contributed by atoms with E-state index in [1.54, 1.807) is 0 Å². The van der Waals surface area contributed by atoms with Crippen LogP contribution in [0.1, 0.15) is 0 Å². The first-order chi connectivity index (χ1) is 5.77. The Bertz CT molecular complexity index is 211. The van der Waals surface area contributed by atoms with Crippen LogP contribution in [0.2, 0.25) is 0 Å². The average molecular weight is 169 g/mol. The van der Waals surface area contributed by atoms with Gasteiger partial charge >= 0.3 is 5.97 Å². The molecule has 1 heterocycles. The highest BCUT2D eigenvalue weighted by atomic mass is 16.5. The number of rotatable bonds is 1.